The number of benzene rings is 1. The van der Waals surface area contributed by atoms with Crippen molar-refractivity contribution in [3.05, 3.63) is 34.4 Å². The van der Waals surface area contributed by atoms with Gasteiger partial charge in [-0.25, -0.2) is 0 Å². The summed E-state index contributed by atoms with van der Waals surface area (Å²) in [6, 6.07) is 5.94. The van der Waals surface area contributed by atoms with E-state index in [9.17, 15) is 19.7 Å². The Morgan fingerprint density at radius 1 is 1.33 bits per heavy atom. The summed E-state index contributed by atoms with van der Waals surface area (Å²) in [5.74, 6) is -0.178. The zero-order chi connectivity index (χ0) is 13.5. The van der Waals surface area contributed by atoms with Gasteiger partial charge >= 0.3 is 0 Å². The molecule has 0 heterocycles. The van der Waals surface area contributed by atoms with Crippen LogP contribution in [0.1, 0.15) is 6.92 Å². The first kappa shape index (κ1) is 14.2. The van der Waals surface area contributed by atoms with E-state index in [1.54, 1.807) is 12.1 Å². The number of carbonyl (C=O) groups excluding carboxylic acids is 2. The lowest BCUT2D eigenvalue weighted by Crippen LogP contribution is -2.29. The van der Waals surface area contributed by atoms with Gasteiger partial charge < -0.3 is 5.32 Å². The maximum absolute atomic E-state index is 11.3. The molecule has 0 saturated carbocycles. The molecule has 1 aromatic carbocycles. The highest BCUT2D eigenvalue weighted by Crippen LogP contribution is 2.20. The number of ketones is 1. The Kier molecular flexibility index (Phi) is 5.31. The molecule has 0 bridgehead atoms. The second-order valence-electron chi connectivity index (χ2n) is 3.52. The van der Waals surface area contributed by atoms with Crippen molar-refractivity contribution in [1.82, 2.24) is 5.32 Å². The van der Waals surface area contributed by atoms with Crippen molar-refractivity contribution < 1.29 is 14.5 Å². The molecule has 7 heteroatoms. The molecule has 0 aliphatic carbocycles. The van der Waals surface area contributed by atoms with E-state index in [0.29, 0.717) is 0 Å². The van der Waals surface area contributed by atoms with Crippen molar-refractivity contribution in [1.29, 1.82) is 0 Å². The van der Waals surface area contributed by atoms with Gasteiger partial charge in [0.15, 0.2) is 0 Å². The lowest BCUT2D eigenvalue weighted by molar-refractivity contribution is -0.384. The van der Waals surface area contributed by atoms with Gasteiger partial charge in [-0.3, -0.25) is 19.7 Å². The predicted octanol–water partition coefficient (Wildman–Crippen LogP) is 1.39. The second kappa shape index (κ2) is 6.75. The summed E-state index contributed by atoms with van der Waals surface area (Å²) in [4.78, 5) is 32.7. The summed E-state index contributed by atoms with van der Waals surface area (Å²) in [5.41, 5.74) is 0.0142. The minimum atomic E-state index is -0.478. The summed E-state index contributed by atoms with van der Waals surface area (Å²) in [5, 5.41) is 12.9. The van der Waals surface area contributed by atoms with Crippen LogP contribution in [0.15, 0.2) is 29.2 Å². The first-order valence-corrected chi connectivity index (χ1v) is 6.11. The number of hydrogen-bond donors (Lipinski definition) is 1. The largest absolute Gasteiger partial charge is 0.348 e. The normalized spacial score (nSPS) is 9.83. The fourth-order valence-corrected chi connectivity index (χ4v) is 1.82. The molecule has 0 radical (unpaired) electrons. The number of Topliss-reactive ketones (excluding diaryl/α,β-unsaturated/α-hetero) is 1. The van der Waals surface area contributed by atoms with E-state index in [-0.39, 0.29) is 29.7 Å². The summed E-state index contributed by atoms with van der Waals surface area (Å²) in [7, 11) is 0. The van der Waals surface area contributed by atoms with E-state index in [1.165, 1.54) is 30.8 Å². The number of thioether (sulfide) groups is 1. The van der Waals surface area contributed by atoms with E-state index in [0.717, 1.165) is 4.90 Å². The third-order valence-corrected chi connectivity index (χ3v) is 2.96. The van der Waals surface area contributed by atoms with E-state index in [2.05, 4.69) is 5.32 Å². The number of nitrogens with one attached hydrogen (secondary N) is 1. The number of amides is 1. The molecule has 0 saturated heterocycles. The van der Waals surface area contributed by atoms with Crippen molar-refractivity contribution in [2.45, 2.75) is 11.8 Å². The van der Waals surface area contributed by atoms with Crippen molar-refractivity contribution in [3.63, 3.8) is 0 Å². The average molecular weight is 268 g/mol. The van der Waals surface area contributed by atoms with Crippen molar-refractivity contribution in [3.8, 4) is 0 Å². The Balaban J connectivity index is 2.41. The van der Waals surface area contributed by atoms with Crippen molar-refractivity contribution >= 4 is 29.1 Å². The van der Waals surface area contributed by atoms with E-state index in [1.807, 2.05) is 0 Å². The molecule has 0 fully saturated rings. The van der Waals surface area contributed by atoms with Crippen molar-refractivity contribution in [2.75, 3.05) is 12.3 Å². The highest BCUT2D eigenvalue weighted by molar-refractivity contribution is 8.00. The third kappa shape index (κ3) is 4.96. The number of non-ortho nitro benzene ring substituents is 1. The van der Waals surface area contributed by atoms with Crippen LogP contribution < -0.4 is 5.32 Å². The average Bonchev–Trinajstić information content (AvgIpc) is 2.34. The van der Waals surface area contributed by atoms with E-state index in [4.69, 9.17) is 0 Å². The molecular formula is C11H12N2O4S. The van der Waals surface area contributed by atoms with Gasteiger partial charge in [-0.2, -0.15) is 0 Å². The van der Waals surface area contributed by atoms with Gasteiger partial charge in [0.05, 0.1) is 17.2 Å². The number of nitro groups is 1. The summed E-state index contributed by atoms with van der Waals surface area (Å²) < 4.78 is 0. The Bertz CT molecular complexity index is 459. The molecule has 1 aromatic rings. The minimum absolute atomic E-state index is 0.0142. The van der Waals surface area contributed by atoms with Crippen LogP contribution in [0.2, 0.25) is 0 Å². The van der Waals surface area contributed by atoms with Gasteiger partial charge in [0.1, 0.15) is 5.78 Å². The van der Waals surface area contributed by atoms with E-state index < -0.39 is 4.92 Å². The molecule has 0 aliphatic rings. The highest BCUT2D eigenvalue weighted by atomic mass is 32.2. The van der Waals surface area contributed by atoms with Crippen molar-refractivity contribution in [2.24, 2.45) is 0 Å². The Morgan fingerprint density at radius 3 is 2.44 bits per heavy atom. The molecule has 0 atom stereocenters. The number of nitro benzene ring substituents is 1. The van der Waals surface area contributed by atoms with Crippen LogP contribution in [0.3, 0.4) is 0 Å². The summed E-state index contributed by atoms with van der Waals surface area (Å²) in [6.07, 6.45) is 0. The monoisotopic (exact) mass is 268 g/mol. The molecule has 96 valence electrons. The molecular weight excluding hydrogens is 256 g/mol. The maximum Gasteiger partial charge on any atom is 0.269 e. The lowest BCUT2D eigenvalue weighted by atomic mass is 10.3. The molecule has 18 heavy (non-hydrogen) atoms. The lowest BCUT2D eigenvalue weighted by Gasteiger charge is -2.02. The van der Waals surface area contributed by atoms with Crippen LogP contribution in [-0.2, 0) is 9.59 Å². The van der Waals surface area contributed by atoms with Crippen LogP contribution in [0.25, 0.3) is 0 Å². The van der Waals surface area contributed by atoms with Crippen LogP contribution in [-0.4, -0.2) is 28.9 Å². The molecule has 0 unspecified atom stereocenters. The Labute approximate surface area is 108 Å². The van der Waals surface area contributed by atoms with Gasteiger partial charge in [-0.1, -0.05) is 0 Å². The number of rotatable bonds is 6. The van der Waals surface area contributed by atoms with Crippen LogP contribution in [0, 0.1) is 10.1 Å². The summed E-state index contributed by atoms with van der Waals surface area (Å²) in [6.45, 7) is 1.42. The van der Waals surface area contributed by atoms with Gasteiger partial charge in [-0.05, 0) is 19.1 Å². The number of hydrogen-bond acceptors (Lipinski definition) is 5. The maximum atomic E-state index is 11.3. The molecule has 0 spiro atoms. The number of carbonyl (C=O) groups is 2. The predicted molar refractivity (Wildman–Crippen MR) is 67.5 cm³/mol. The Hall–Kier alpha value is -1.89. The second-order valence-corrected chi connectivity index (χ2v) is 4.57. The zero-order valence-electron chi connectivity index (χ0n) is 9.71. The van der Waals surface area contributed by atoms with Gasteiger partial charge in [-0.15, -0.1) is 11.8 Å². The molecule has 6 nitrogen and oxygen atoms in total. The first-order chi connectivity index (χ1) is 8.49. The summed E-state index contributed by atoms with van der Waals surface area (Å²) >= 11 is 1.25. The van der Waals surface area contributed by atoms with Gasteiger partial charge in [0.25, 0.3) is 5.69 Å². The molecule has 1 N–H and O–H groups in total. The fourth-order valence-electron chi connectivity index (χ4n) is 1.09. The molecule has 1 amide bonds. The topological polar surface area (TPSA) is 89.3 Å². The fraction of sp³-hybridized carbons (Fsp3) is 0.273. The molecule has 0 aliphatic heterocycles. The number of nitrogens with zero attached hydrogens (tertiary/aromatic N) is 1. The Morgan fingerprint density at radius 2 is 1.94 bits per heavy atom. The van der Waals surface area contributed by atoms with Crippen LogP contribution in [0.5, 0.6) is 0 Å². The quantitative estimate of drug-likeness (QED) is 0.478. The SMILES string of the molecule is CC(=O)CNC(=O)CSc1ccc([N+](=O)[O-])cc1. The standard InChI is InChI=1S/C11H12N2O4S/c1-8(14)6-12-11(15)7-18-10-4-2-9(3-5-10)13(16)17/h2-5H,6-7H2,1H3,(H,12,15). The zero-order valence-corrected chi connectivity index (χ0v) is 10.5. The highest BCUT2D eigenvalue weighted by Gasteiger charge is 2.06. The minimum Gasteiger partial charge on any atom is -0.348 e. The molecule has 0 aromatic heterocycles. The van der Waals surface area contributed by atoms with Gasteiger partial charge in [0, 0.05) is 17.0 Å². The van der Waals surface area contributed by atoms with E-state index >= 15 is 0 Å². The first-order valence-electron chi connectivity index (χ1n) is 5.12. The van der Waals surface area contributed by atoms with Crippen LogP contribution in [0.4, 0.5) is 5.69 Å². The van der Waals surface area contributed by atoms with Crippen LogP contribution >= 0.6 is 11.8 Å². The smallest absolute Gasteiger partial charge is 0.269 e. The third-order valence-electron chi connectivity index (χ3n) is 1.95. The molecule has 1 rings (SSSR count). The van der Waals surface area contributed by atoms with Gasteiger partial charge in [0.2, 0.25) is 5.91 Å².